The third kappa shape index (κ3) is 6.00. The third-order valence-electron chi connectivity index (χ3n) is 5.21. The van der Waals surface area contributed by atoms with E-state index in [-0.39, 0.29) is 17.2 Å². The second-order valence-electron chi connectivity index (χ2n) is 7.79. The minimum Gasteiger partial charge on any atom is -0.494 e. The Kier molecular flexibility index (Phi) is 7.77. The molecular formula is C25H27N3O3S2. The van der Waals surface area contributed by atoms with Crippen LogP contribution in [0.2, 0.25) is 0 Å². The predicted molar refractivity (Wildman–Crippen MR) is 135 cm³/mol. The summed E-state index contributed by atoms with van der Waals surface area (Å²) >= 11 is 2.91. The number of amides is 1. The maximum Gasteiger partial charge on any atom is 0.268 e. The van der Waals surface area contributed by atoms with Crippen LogP contribution in [0.25, 0.3) is 0 Å². The largest absolute Gasteiger partial charge is 0.494 e. The highest BCUT2D eigenvalue weighted by molar-refractivity contribution is 8.00. The normalized spacial score (nSPS) is 14.7. The van der Waals surface area contributed by atoms with Gasteiger partial charge in [-0.05, 0) is 43.2 Å². The van der Waals surface area contributed by atoms with Gasteiger partial charge in [0.25, 0.3) is 5.56 Å². The van der Waals surface area contributed by atoms with E-state index in [0.717, 1.165) is 34.7 Å². The summed E-state index contributed by atoms with van der Waals surface area (Å²) in [5, 5.41) is 3.84. The molecule has 4 rings (SSSR count). The Bertz CT molecular complexity index is 1160. The van der Waals surface area contributed by atoms with E-state index in [1.807, 2.05) is 49.4 Å². The highest BCUT2D eigenvalue weighted by Crippen LogP contribution is 2.34. The molecule has 3 aromatic rings. The number of nitrogens with one attached hydrogen (secondary N) is 1. The van der Waals surface area contributed by atoms with Gasteiger partial charge in [-0.15, -0.1) is 11.8 Å². The molecule has 0 spiro atoms. The van der Waals surface area contributed by atoms with Crippen LogP contribution in [0.4, 0.5) is 5.69 Å². The van der Waals surface area contributed by atoms with Crippen LogP contribution < -0.4 is 15.6 Å². The molecule has 0 fully saturated rings. The molecule has 8 heteroatoms. The van der Waals surface area contributed by atoms with E-state index in [4.69, 9.17) is 9.72 Å². The summed E-state index contributed by atoms with van der Waals surface area (Å²) in [5.41, 5.74) is 2.72. The summed E-state index contributed by atoms with van der Waals surface area (Å²) in [6, 6.07) is 17.4. The van der Waals surface area contributed by atoms with Gasteiger partial charge < -0.3 is 10.1 Å². The van der Waals surface area contributed by atoms with Gasteiger partial charge in [0.2, 0.25) is 5.91 Å². The second-order valence-corrected chi connectivity index (χ2v) is 10.2. The number of hydrogen-bond donors (Lipinski definition) is 1. The quantitative estimate of drug-likeness (QED) is 0.354. The Balaban J connectivity index is 1.47. The lowest BCUT2D eigenvalue weighted by molar-refractivity contribution is -0.113. The average molecular weight is 482 g/mol. The second kappa shape index (κ2) is 10.9. The van der Waals surface area contributed by atoms with E-state index in [1.165, 1.54) is 11.8 Å². The fourth-order valence-corrected chi connectivity index (χ4v) is 5.61. The SMILES string of the molecule is CCOc1ccc(NC(=O)CSc2nc3c(c(=O)n2CCc2ccccc2)SC(C)C3)cc1. The summed E-state index contributed by atoms with van der Waals surface area (Å²) in [6.45, 7) is 5.16. The van der Waals surface area contributed by atoms with Crippen LogP contribution in [0.5, 0.6) is 5.75 Å². The molecule has 1 atom stereocenters. The van der Waals surface area contributed by atoms with Gasteiger partial charge in [-0.1, -0.05) is 49.0 Å². The van der Waals surface area contributed by atoms with E-state index in [0.29, 0.717) is 29.2 Å². The molecule has 1 amide bonds. The lowest BCUT2D eigenvalue weighted by Gasteiger charge is -2.14. The van der Waals surface area contributed by atoms with Crippen LogP contribution in [0, 0.1) is 0 Å². The minimum absolute atomic E-state index is 0.000276. The molecule has 0 bridgehead atoms. The van der Waals surface area contributed by atoms with Crippen LogP contribution in [-0.2, 0) is 24.2 Å². The van der Waals surface area contributed by atoms with Crippen molar-refractivity contribution in [1.82, 2.24) is 9.55 Å². The van der Waals surface area contributed by atoms with E-state index in [1.54, 1.807) is 16.3 Å². The summed E-state index contributed by atoms with van der Waals surface area (Å²) in [4.78, 5) is 31.4. The van der Waals surface area contributed by atoms with Crippen LogP contribution in [-0.4, -0.2) is 33.1 Å². The van der Waals surface area contributed by atoms with Crippen LogP contribution in [0.15, 0.2) is 69.4 Å². The first kappa shape index (κ1) is 23.4. The van der Waals surface area contributed by atoms with Gasteiger partial charge in [0.1, 0.15) is 5.75 Å². The molecule has 33 heavy (non-hydrogen) atoms. The Morgan fingerprint density at radius 3 is 2.70 bits per heavy atom. The fourth-order valence-electron chi connectivity index (χ4n) is 3.65. The van der Waals surface area contributed by atoms with Crippen molar-refractivity contribution in [2.45, 2.75) is 48.5 Å². The van der Waals surface area contributed by atoms with Crippen LogP contribution in [0.1, 0.15) is 25.1 Å². The van der Waals surface area contributed by atoms with Gasteiger partial charge in [0.05, 0.1) is 22.9 Å². The van der Waals surface area contributed by atoms with Crippen molar-refractivity contribution in [1.29, 1.82) is 0 Å². The number of carbonyl (C=O) groups excluding carboxylic acids is 1. The Hall–Kier alpha value is -2.71. The molecule has 1 aliphatic rings. The van der Waals surface area contributed by atoms with Gasteiger partial charge >= 0.3 is 0 Å². The molecule has 0 saturated heterocycles. The van der Waals surface area contributed by atoms with Crippen molar-refractivity contribution in [3.8, 4) is 5.75 Å². The number of fused-ring (bicyclic) bond motifs is 1. The van der Waals surface area contributed by atoms with Gasteiger partial charge in [0.15, 0.2) is 5.16 Å². The van der Waals surface area contributed by atoms with Crippen molar-refractivity contribution >= 4 is 35.1 Å². The van der Waals surface area contributed by atoms with Gasteiger partial charge in [0, 0.05) is 23.9 Å². The first-order valence-electron chi connectivity index (χ1n) is 11.0. The first-order valence-corrected chi connectivity index (χ1v) is 12.9. The van der Waals surface area contributed by atoms with Gasteiger partial charge in [-0.2, -0.15) is 0 Å². The first-order chi connectivity index (χ1) is 16.0. The monoisotopic (exact) mass is 481 g/mol. The summed E-state index contributed by atoms with van der Waals surface area (Å²) in [6.07, 6.45) is 1.51. The van der Waals surface area contributed by atoms with Crippen molar-refractivity contribution in [3.05, 3.63) is 76.2 Å². The molecule has 6 nitrogen and oxygen atoms in total. The molecule has 172 valence electrons. The number of carbonyl (C=O) groups is 1. The molecule has 1 aliphatic heterocycles. The molecule has 2 heterocycles. The number of ether oxygens (including phenoxy) is 1. The zero-order chi connectivity index (χ0) is 23.2. The predicted octanol–water partition coefficient (Wildman–Crippen LogP) is 4.65. The van der Waals surface area contributed by atoms with Crippen LogP contribution >= 0.6 is 23.5 Å². The van der Waals surface area contributed by atoms with Crippen LogP contribution in [0.3, 0.4) is 0 Å². The summed E-state index contributed by atoms with van der Waals surface area (Å²) in [7, 11) is 0. The van der Waals surface area contributed by atoms with Crippen molar-refractivity contribution in [2.75, 3.05) is 17.7 Å². The van der Waals surface area contributed by atoms with Gasteiger partial charge in [-0.3, -0.25) is 14.2 Å². The van der Waals surface area contributed by atoms with E-state index >= 15 is 0 Å². The topological polar surface area (TPSA) is 73.2 Å². The number of rotatable bonds is 9. The Morgan fingerprint density at radius 1 is 1.21 bits per heavy atom. The van der Waals surface area contributed by atoms with Gasteiger partial charge in [-0.25, -0.2) is 4.98 Å². The number of aryl methyl sites for hydroxylation is 1. The lowest BCUT2D eigenvalue weighted by Crippen LogP contribution is -2.27. The zero-order valence-corrected chi connectivity index (χ0v) is 20.4. The third-order valence-corrected chi connectivity index (χ3v) is 7.40. The maximum atomic E-state index is 13.2. The molecule has 1 unspecified atom stereocenters. The number of benzene rings is 2. The number of nitrogens with zero attached hydrogens (tertiary/aromatic N) is 2. The van der Waals surface area contributed by atoms with E-state index < -0.39 is 0 Å². The maximum absolute atomic E-state index is 13.2. The highest BCUT2D eigenvalue weighted by Gasteiger charge is 2.26. The molecule has 1 aromatic heterocycles. The van der Waals surface area contributed by atoms with Crippen molar-refractivity contribution in [3.63, 3.8) is 0 Å². The number of thioether (sulfide) groups is 2. The molecular weight excluding hydrogens is 454 g/mol. The number of hydrogen-bond acceptors (Lipinski definition) is 6. The van der Waals surface area contributed by atoms with E-state index in [2.05, 4.69) is 24.4 Å². The average Bonchev–Trinajstić information content (AvgIpc) is 3.20. The van der Waals surface area contributed by atoms with Crippen molar-refractivity contribution in [2.24, 2.45) is 0 Å². The number of aromatic nitrogens is 2. The minimum atomic E-state index is -0.142. The van der Waals surface area contributed by atoms with E-state index in [9.17, 15) is 9.59 Å². The highest BCUT2D eigenvalue weighted by atomic mass is 32.2. The Labute approximate surface area is 202 Å². The summed E-state index contributed by atoms with van der Waals surface area (Å²) < 4.78 is 7.16. The smallest absolute Gasteiger partial charge is 0.268 e. The molecule has 0 saturated carbocycles. The molecule has 2 aromatic carbocycles. The fraction of sp³-hybridized carbons (Fsp3) is 0.320. The van der Waals surface area contributed by atoms with Crippen molar-refractivity contribution < 1.29 is 9.53 Å². The standard InChI is InChI=1S/C25H27N3O3S2/c1-3-31-20-11-9-19(10-12-20)26-22(29)16-32-25-27-21-15-17(2)33-23(21)24(30)28(25)14-13-18-7-5-4-6-8-18/h4-12,17H,3,13-16H2,1-2H3,(H,26,29). The zero-order valence-electron chi connectivity index (χ0n) is 18.7. The lowest BCUT2D eigenvalue weighted by atomic mass is 10.1. The number of anilines is 1. The summed E-state index contributed by atoms with van der Waals surface area (Å²) in [5.74, 6) is 0.796. The molecule has 1 N–H and O–H groups in total. The Morgan fingerprint density at radius 2 is 1.97 bits per heavy atom. The molecule has 0 radical (unpaired) electrons. The molecule has 0 aliphatic carbocycles.